The Kier molecular flexibility index (Phi) is 41.3. The summed E-state index contributed by atoms with van der Waals surface area (Å²) >= 11 is 0. The SMILES string of the molecule is C=C.C=CC(N)=O.NC=O. The van der Waals surface area contributed by atoms with Crippen LogP contribution in [0.4, 0.5) is 0 Å². The van der Waals surface area contributed by atoms with Gasteiger partial charge in [-0.1, -0.05) is 6.58 Å². The van der Waals surface area contributed by atoms with Crippen LogP contribution < -0.4 is 11.5 Å². The Morgan fingerprint density at radius 3 is 1.50 bits per heavy atom. The number of primary amides is 2. The Labute approximate surface area is 60.2 Å². The predicted octanol–water partition coefficient (Wildman–Crippen LogP) is -0.439. The van der Waals surface area contributed by atoms with Gasteiger partial charge >= 0.3 is 0 Å². The molecule has 10 heavy (non-hydrogen) atoms. The van der Waals surface area contributed by atoms with Gasteiger partial charge in [0.25, 0.3) is 0 Å². The average Bonchev–Trinajstić information content (AvgIpc) is 1.94. The minimum Gasteiger partial charge on any atom is -0.372 e. The molecule has 0 aliphatic heterocycles. The van der Waals surface area contributed by atoms with Crippen molar-refractivity contribution in [1.82, 2.24) is 0 Å². The summed E-state index contributed by atoms with van der Waals surface area (Å²) in [6.07, 6.45) is 1.31. The molecule has 0 aliphatic carbocycles. The highest BCUT2D eigenvalue weighted by Gasteiger charge is 1.69. The summed E-state index contributed by atoms with van der Waals surface area (Å²) < 4.78 is 0. The molecule has 58 valence electrons. The molecular weight excluding hydrogens is 132 g/mol. The van der Waals surface area contributed by atoms with Gasteiger partial charge in [-0.3, -0.25) is 9.59 Å². The third-order valence-corrected chi connectivity index (χ3v) is 0.201. The molecule has 0 aromatic rings. The van der Waals surface area contributed by atoms with Crippen molar-refractivity contribution in [1.29, 1.82) is 0 Å². The first-order valence-electron chi connectivity index (χ1n) is 2.26. The maximum atomic E-state index is 9.47. The molecule has 4 nitrogen and oxygen atoms in total. The summed E-state index contributed by atoms with van der Waals surface area (Å²) in [4.78, 5) is 18.1. The van der Waals surface area contributed by atoms with Crippen molar-refractivity contribution in [2.45, 2.75) is 0 Å². The van der Waals surface area contributed by atoms with E-state index < -0.39 is 5.91 Å². The quantitative estimate of drug-likeness (QED) is 0.297. The van der Waals surface area contributed by atoms with Gasteiger partial charge in [0.15, 0.2) is 0 Å². The lowest BCUT2D eigenvalue weighted by Gasteiger charge is -1.65. The van der Waals surface area contributed by atoms with Crippen molar-refractivity contribution in [2.75, 3.05) is 0 Å². The Hall–Kier alpha value is -1.58. The monoisotopic (exact) mass is 144 g/mol. The molecule has 0 bridgehead atoms. The van der Waals surface area contributed by atoms with Crippen molar-refractivity contribution >= 4 is 12.3 Å². The van der Waals surface area contributed by atoms with E-state index >= 15 is 0 Å². The van der Waals surface area contributed by atoms with Crippen LogP contribution in [-0.4, -0.2) is 12.3 Å². The van der Waals surface area contributed by atoms with E-state index in [-0.39, 0.29) is 6.41 Å². The molecular formula is C6H12N2O2. The molecule has 0 rings (SSSR count). The second-order valence-electron chi connectivity index (χ2n) is 0.743. The van der Waals surface area contributed by atoms with Gasteiger partial charge in [0.1, 0.15) is 0 Å². The van der Waals surface area contributed by atoms with E-state index in [1.807, 2.05) is 0 Å². The third kappa shape index (κ3) is 1070. The zero-order valence-electron chi connectivity index (χ0n) is 5.75. The van der Waals surface area contributed by atoms with Crippen LogP contribution in [-0.2, 0) is 9.59 Å². The molecule has 0 radical (unpaired) electrons. The van der Waals surface area contributed by atoms with Crippen molar-refractivity contribution in [3.8, 4) is 0 Å². The lowest BCUT2D eigenvalue weighted by atomic mass is 10.6. The van der Waals surface area contributed by atoms with Gasteiger partial charge in [-0.05, 0) is 6.08 Å². The summed E-state index contributed by atoms with van der Waals surface area (Å²) in [6.45, 7) is 9.09. The maximum absolute atomic E-state index is 9.47. The van der Waals surface area contributed by atoms with Crippen molar-refractivity contribution in [3.05, 3.63) is 25.8 Å². The van der Waals surface area contributed by atoms with Gasteiger partial charge in [-0.2, -0.15) is 0 Å². The molecule has 0 atom stereocenters. The minimum absolute atomic E-state index is 0.250. The van der Waals surface area contributed by atoms with E-state index in [0.29, 0.717) is 0 Å². The number of amides is 2. The molecule has 0 spiro atoms. The fourth-order valence-corrected chi connectivity index (χ4v) is 0. The predicted molar refractivity (Wildman–Crippen MR) is 40.9 cm³/mol. The first-order chi connectivity index (χ1) is 4.68. The zero-order chi connectivity index (χ0) is 8.99. The van der Waals surface area contributed by atoms with E-state index in [9.17, 15) is 4.79 Å². The van der Waals surface area contributed by atoms with Gasteiger partial charge in [-0.15, -0.1) is 13.2 Å². The molecule has 0 aliphatic rings. The van der Waals surface area contributed by atoms with Crippen molar-refractivity contribution in [3.63, 3.8) is 0 Å². The van der Waals surface area contributed by atoms with Crippen LogP contribution in [0.5, 0.6) is 0 Å². The van der Waals surface area contributed by atoms with Gasteiger partial charge in [0, 0.05) is 0 Å². The van der Waals surface area contributed by atoms with Crippen LogP contribution in [0, 0.1) is 0 Å². The summed E-state index contributed by atoms with van der Waals surface area (Å²) in [5.74, 6) is -0.481. The first kappa shape index (κ1) is 15.8. The average molecular weight is 144 g/mol. The highest BCUT2D eigenvalue weighted by Crippen LogP contribution is 1.48. The number of hydrogen-bond acceptors (Lipinski definition) is 2. The largest absolute Gasteiger partial charge is 0.372 e. The van der Waals surface area contributed by atoms with Crippen LogP contribution in [0.25, 0.3) is 0 Å². The highest BCUT2D eigenvalue weighted by molar-refractivity contribution is 5.84. The summed E-state index contributed by atoms with van der Waals surface area (Å²) in [7, 11) is 0. The minimum atomic E-state index is -0.481. The van der Waals surface area contributed by atoms with Crippen LogP contribution in [0.3, 0.4) is 0 Å². The van der Waals surface area contributed by atoms with Gasteiger partial charge in [-0.25, -0.2) is 0 Å². The van der Waals surface area contributed by atoms with E-state index in [4.69, 9.17) is 4.79 Å². The Morgan fingerprint density at radius 1 is 1.40 bits per heavy atom. The maximum Gasteiger partial charge on any atom is 0.240 e. The Balaban J connectivity index is -0.0000000847. The lowest BCUT2D eigenvalue weighted by molar-refractivity contribution is -0.113. The normalized spacial score (nSPS) is 4.80. The number of hydrogen-bond donors (Lipinski definition) is 2. The molecule has 0 saturated carbocycles. The number of rotatable bonds is 1. The fraction of sp³-hybridized carbons (Fsp3) is 0. The van der Waals surface area contributed by atoms with E-state index in [1.54, 1.807) is 0 Å². The topological polar surface area (TPSA) is 86.2 Å². The number of carbonyl (C=O) groups is 2. The van der Waals surface area contributed by atoms with Gasteiger partial charge in [0.2, 0.25) is 12.3 Å². The molecule has 2 amide bonds. The van der Waals surface area contributed by atoms with E-state index in [1.165, 1.54) is 0 Å². The highest BCUT2D eigenvalue weighted by atomic mass is 16.1. The van der Waals surface area contributed by atoms with Crippen LogP contribution in [0.2, 0.25) is 0 Å². The first-order valence-corrected chi connectivity index (χ1v) is 2.26. The van der Waals surface area contributed by atoms with Crippen LogP contribution in [0.1, 0.15) is 0 Å². The fourth-order valence-electron chi connectivity index (χ4n) is 0. The second kappa shape index (κ2) is 26.1. The lowest BCUT2D eigenvalue weighted by Crippen LogP contribution is -2.04. The molecule has 4 N–H and O–H groups in total. The molecule has 0 aromatic carbocycles. The molecule has 0 heterocycles. The summed E-state index contributed by atoms with van der Waals surface area (Å²) in [5, 5.41) is 0. The van der Waals surface area contributed by atoms with E-state index in [0.717, 1.165) is 6.08 Å². The second-order valence-corrected chi connectivity index (χ2v) is 0.743. The molecule has 4 heteroatoms. The van der Waals surface area contributed by atoms with Gasteiger partial charge < -0.3 is 11.5 Å². The third-order valence-electron chi connectivity index (χ3n) is 0.201. The van der Waals surface area contributed by atoms with Crippen molar-refractivity contribution in [2.24, 2.45) is 11.5 Å². The summed E-state index contributed by atoms with van der Waals surface area (Å²) in [6, 6.07) is 0. The number of nitrogens with two attached hydrogens (primary N) is 2. The zero-order valence-corrected chi connectivity index (χ0v) is 5.75. The Bertz CT molecular complexity index is 102. The Morgan fingerprint density at radius 2 is 1.50 bits per heavy atom. The van der Waals surface area contributed by atoms with E-state index in [2.05, 4.69) is 31.2 Å². The van der Waals surface area contributed by atoms with Crippen LogP contribution in [0.15, 0.2) is 25.8 Å². The molecule has 0 saturated heterocycles. The smallest absolute Gasteiger partial charge is 0.240 e. The molecule has 0 aromatic heterocycles. The standard InChI is InChI=1S/C3H5NO.C2H4.CH3NO/c1-2-3(4)5;1-2;2-1-3/h2H,1H2,(H2,4,5);1-2H2;1H,(H2,2,3). The van der Waals surface area contributed by atoms with Crippen molar-refractivity contribution < 1.29 is 9.59 Å². The van der Waals surface area contributed by atoms with Gasteiger partial charge in [0.05, 0.1) is 0 Å². The molecule has 0 unspecified atom stereocenters. The van der Waals surface area contributed by atoms with Crippen LogP contribution >= 0.6 is 0 Å². The number of carbonyl (C=O) groups excluding carboxylic acids is 2. The molecule has 0 fully saturated rings. The summed E-state index contributed by atoms with van der Waals surface area (Å²) in [5.41, 5.74) is 8.70.